The van der Waals surface area contributed by atoms with Gasteiger partial charge >= 0.3 is 0 Å². The topological polar surface area (TPSA) is 47.3 Å². The van der Waals surface area contributed by atoms with Gasteiger partial charge < -0.3 is 15.8 Å². The highest BCUT2D eigenvalue weighted by atomic mass is 16.5. The maximum atomic E-state index is 6.27. The number of hydrogen-bond acceptors (Lipinski definition) is 3. The second-order valence-corrected chi connectivity index (χ2v) is 5.24. The predicted molar refractivity (Wildman–Crippen MR) is 97.0 cm³/mol. The third-order valence-electron chi connectivity index (χ3n) is 3.62. The van der Waals surface area contributed by atoms with Crippen LogP contribution in [0.3, 0.4) is 0 Å². The fraction of sp³-hybridized carbons (Fsp3) is 0.100. The maximum Gasteiger partial charge on any atom is 0.127 e. The molecule has 3 N–H and O–H groups in total. The molecule has 0 fully saturated rings. The summed E-state index contributed by atoms with van der Waals surface area (Å²) in [4.78, 5) is 0. The van der Waals surface area contributed by atoms with Gasteiger partial charge in [0.15, 0.2) is 0 Å². The Morgan fingerprint density at radius 3 is 2.22 bits per heavy atom. The molecule has 0 unspecified atom stereocenters. The second-order valence-electron chi connectivity index (χ2n) is 5.24. The van der Waals surface area contributed by atoms with Crippen molar-refractivity contribution in [2.75, 3.05) is 17.6 Å². The zero-order valence-corrected chi connectivity index (χ0v) is 13.1. The number of nitrogen functional groups attached to an aromatic ring is 1. The molecule has 116 valence electrons. The SMILES string of the molecule is CCNc1cccc(-c2ccc(Oc3ccccc3)cc2)c1N. The van der Waals surface area contributed by atoms with Crippen molar-refractivity contribution < 1.29 is 4.74 Å². The lowest BCUT2D eigenvalue weighted by atomic mass is 10.0. The Morgan fingerprint density at radius 2 is 1.52 bits per heavy atom. The number of nitrogens with two attached hydrogens (primary N) is 1. The van der Waals surface area contributed by atoms with Crippen LogP contribution >= 0.6 is 0 Å². The average molecular weight is 304 g/mol. The molecule has 0 aromatic heterocycles. The zero-order chi connectivity index (χ0) is 16.1. The van der Waals surface area contributed by atoms with E-state index in [9.17, 15) is 0 Å². The van der Waals surface area contributed by atoms with Crippen molar-refractivity contribution >= 4 is 11.4 Å². The fourth-order valence-corrected chi connectivity index (χ4v) is 2.49. The molecule has 3 aromatic carbocycles. The number of ether oxygens (including phenoxy) is 1. The normalized spacial score (nSPS) is 10.3. The average Bonchev–Trinajstić information content (AvgIpc) is 2.59. The quantitative estimate of drug-likeness (QED) is 0.640. The standard InChI is InChI=1S/C20H20N2O/c1-2-22-19-10-6-9-18(20(19)21)15-11-13-17(14-12-15)23-16-7-4-3-5-8-16/h3-14,22H,2,21H2,1H3. The Hall–Kier alpha value is -2.94. The van der Waals surface area contributed by atoms with E-state index in [2.05, 4.69) is 12.2 Å². The molecule has 0 amide bonds. The summed E-state index contributed by atoms with van der Waals surface area (Å²) in [5.74, 6) is 1.63. The predicted octanol–water partition coefficient (Wildman–Crippen LogP) is 5.16. The van der Waals surface area contributed by atoms with Crippen molar-refractivity contribution in [2.24, 2.45) is 0 Å². The van der Waals surface area contributed by atoms with Crippen LogP contribution in [0.5, 0.6) is 11.5 Å². The summed E-state index contributed by atoms with van der Waals surface area (Å²) in [6.45, 7) is 2.90. The van der Waals surface area contributed by atoms with E-state index in [4.69, 9.17) is 10.5 Å². The first-order valence-corrected chi connectivity index (χ1v) is 7.73. The number of anilines is 2. The van der Waals surface area contributed by atoms with Crippen molar-refractivity contribution in [3.05, 3.63) is 72.8 Å². The third-order valence-corrected chi connectivity index (χ3v) is 3.62. The van der Waals surface area contributed by atoms with E-state index in [0.717, 1.165) is 40.5 Å². The van der Waals surface area contributed by atoms with Crippen LogP contribution < -0.4 is 15.8 Å². The molecule has 0 saturated heterocycles. The van der Waals surface area contributed by atoms with E-state index in [1.165, 1.54) is 0 Å². The molecule has 0 atom stereocenters. The van der Waals surface area contributed by atoms with Crippen LogP contribution in [0, 0.1) is 0 Å². The lowest BCUT2D eigenvalue weighted by Gasteiger charge is -2.12. The van der Waals surface area contributed by atoms with Crippen molar-refractivity contribution in [3.8, 4) is 22.6 Å². The molecule has 0 bridgehead atoms. The van der Waals surface area contributed by atoms with Crippen LogP contribution in [0.1, 0.15) is 6.92 Å². The van der Waals surface area contributed by atoms with Gasteiger partial charge in [-0.25, -0.2) is 0 Å². The highest BCUT2D eigenvalue weighted by Gasteiger charge is 2.07. The molecule has 23 heavy (non-hydrogen) atoms. The van der Waals surface area contributed by atoms with Gasteiger partial charge in [0.05, 0.1) is 11.4 Å². The Balaban J connectivity index is 1.84. The Labute approximate surface area is 136 Å². The van der Waals surface area contributed by atoms with Crippen molar-refractivity contribution in [2.45, 2.75) is 6.92 Å². The van der Waals surface area contributed by atoms with Gasteiger partial charge in [-0.2, -0.15) is 0 Å². The van der Waals surface area contributed by atoms with Crippen LogP contribution in [0.25, 0.3) is 11.1 Å². The van der Waals surface area contributed by atoms with E-state index in [1.54, 1.807) is 0 Å². The monoisotopic (exact) mass is 304 g/mol. The van der Waals surface area contributed by atoms with Gasteiger partial charge in [0.1, 0.15) is 11.5 Å². The van der Waals surface area contributed by atoms with Crippen LogP contribution in [-0.4, -0.2) is 6.54 Å². The van der Waals surface area contributed by atoms with E-state index < -0.39 is 0 Å². The van der Waals surface area contributed by atoms with Crippen LogP contribution in [0.4, 0.5) is 11.4 Å². The first-order chi connectivity index (χ1) is 11.3. The number of rotatable bonds is 5. The van der Waals surface area contributed by atoms with E-state index in [-0.39, 0.29) is 0 Å². The summed E-state index contributed by atoms with van der Waals surface area (Å²) in [5.41, 5.74) is 10.1. The summed E-state index contributed by atoms with van der Waals surface area (Å²) < 4.78 is 5.82. The highest BCUT2D eigenvalue weighted by Crippen LogP contribution is 2.33. The summed E-state index contributed by atoms with van der Waals surface area (Å²) in [6.07, 6.45) is 0. The Morgan fingerprint density at radius 1 is 0.826 bits per heavy atom. The molecule has 0 aliphatic heterocycles. The molecule has 0 heterocycles. The van der Waals surface area contributed by atoms with Gasteiger partial charge in [-0.3, -0.25) is 0 Å². The van der Waals surface area contributed by atoms with Gasteiger partial charge in [-0.05, 0) is 42.8 Å². The van der Waals surface area contributed by atoms with E-state index >= 15 is 0 Å². The van der Waals surface area contributed by atoms with Crippen molar-refractivity contribution in [3.63, 3.8) is 0 Å². The van der Waals surface area contributed by atoms with Gasteiger partial charge in [0, 0.05) is 12.1 Å². The number of benzene rings is 3. The minimum atomic E-state index is 0.770. The molecule has 3 rings (SSSR count). The van der Waals surface area contributed by atoms with Gasteiger partial charge in [0.2, 0.25) is 0 Å². The molecular weight excluding hydrogens is 284 g/mol. The maximum absolute atomic E-state index is 6.27. The minimum absolute atomic E-state index is 0.770. The minimum Gasteiger partial charge on any atom is -0.457 e. The molecule has 0 aliphatic carbocycles. The third kappa shape index (κ3) is 3.46. The fourth-order valence-electron chi connectivity index (χ4n) is 2.49. The van der Waals surface area contributed by atoms with Crippen molar-refractivity contribution in [1.29, 1.82) is 0 Å². The number of para-hydroxylation sites is 2. The number of hydrogen-bond donors (Lipinski definition) is 2. The summed E-state index contributed by atoms with van der Waals surface area (Å²) in [5, 5.41) is 3.28. The van der Waals surface area contributed by atoms with Gasteiger partial charge in [0.25, 0.3) is 0 Å². The zero-order valence-electron chi connectivity index (χ0n) is 13.1. The van der Waals surface area contributed by atoms with Gasteiger partial charge in [-0.1, -0.05) is 42.5 Å². The summed E-state index contributed by atoms with van der Waals surface area (Å²) in [6, 6.07) is 23.8. The molecule has 3 nitrogen and oxygen atoms in total. The van der Waals surface area contributed by atoms with Crippen molar-refractivity contribution in [1.82, 2.24) is 0 Å². The summed E-state index contributed by atoms with van der Waals surface area (Å²) in [7, 11) is 0. The summed E-state index contributed by atoms with van der Waals surface area (Å²) >= 11 is 0. The molecule has 3 heteroatoms. The largest absolute Gasteiger partial charge is 0.457 e. The molecule has 0 radical (unpaired) electrons. The second kappa shape index (κ2) is 6.88. The first kappa shape index (κ1) is 15.0. The smallest absolute Gasteiger partial charge is 0.127 e. The van der Waals surface area contributed by atoms with Gasteiger partial charge in [-0.15, -0.1) is 0 Å². The highest BCUT2D eigenvalue weighted by molar-refractivity contribution is 5.85. The molecular formula is C20H20N2O. The molecule has 0 spiro atoms. The lowest BCUT2D eigenvalue weighted by Crippen LogP contribution is -2.01. The van der Waals surface area contributed by atoms with E-state index in [1.807, 2.05) is 72.8 Å². The Bertz CT molecular complexity index is 767. The van der Waals surface area contributed by atoms with Crippen LogP contribution in [0.15, 0.2) is 72.8 Å². The molecule has 0 saturated carbocycles. The van der Waals surface area contributed by atoms with E-state index in [0.29, 0.717) is 0 Å². The lowest BCUT2D eigenvalue weighted by molar-refractivity contribution is 0.483. The number of nitrogens with one attached hydrogen (secondary N) is 1. The first-order valence-electron chi connectivity index (χ1n) is 7.73. The Kier molecular flexibility index (Phi) is 4.48. The van der Waals surface area contributed by atoms with Crippen LogP contribution in [0.2, 0.25) is 0 Å². The molecule has 0 aliphatic rings. The van der Waals surface area contributed by atoms with Crippen LogP contribution in [-0.2, 0) is 0 Å². The molecule has 3 aromatic rings.